The molecular weight excluding hydrogens is 416 g/mol. The van der Waals surface area contributed by atoms with Gasteiger partial charge in [-0.25, -0.2) is 4.79 Å². The second kappa shape index (κ2) is 7.42. The lowest BCUT2D eigenvalue weighted by Gasteiger charge is -2.52. The third-order valence-electron chi connectivity index (χ3n) is 7.93. The predicted octanol–water partition coefficient (Wildman–Crippen LogP) is 2.38. The number of hydrogen-bond donors (Lipinski definition) is 1. The van der Waals surface area contributed by atoms with Crippen LogP contribution in [0.4, 0.5) is 0 Å². The SMILES string of the molecule is CC(=O)O[C@@H]1CC=C(C)[C@H]2[C@@H](O)[C@@]34OC3(C)C(=O)O[C@@H]4/C=C(/C)CC[C@@H](OC(C)=O)[C@]12C. The van der Waals surface area contributed by atoms with Crippen LogP contribution in [0.5, 0.6) is 0 Å². The fraction of sp³-hybridized carbons (Fsp3) is 0.708. The molecule has 1 unspecified atom stereocenters. The molecule has 0 amide bonds. The van der Waals surface area contributed by atoms with E-state index in [2.05, 4.69) is 0 Å². The molecular formula is C24H32O8. The number of hydrogen-bond acceptors (Lipinski definition) is 8. The van der Waals surface area contributed by atoms with Gasteiger partial charge in [0.05, 0.1) is 11.5 Å². The van der Waals surface area contributed by atoms with Crippen molar-refractivity contribution < 1.29 is 38.4 Å². The Morgan fingerprint density at radius 2 is 1.75 bits per heavy atom. The lowest BCUT2D eigenvalue weighted by atomic mass is 9.57. The minimum Gasteiger partial charge on any atom is -0.462 e. The van der Waals surface area contributed by atoms with E-state index in [1.807, 2.05) is 32.9 Å². The smallest absolute Gasteiger partial charge is 0.342 e. The Bertz CT molecular complexity index is 921. The maximum atomic E-state index is 12.6. The molecule has 0 bridgehead atoms. The second-order valence-corrected chi connectivity index (χ2v) is 9.97. The van der Waals surface area contributed by atoms with E-state index in [0.717, 1.165) is 11.1 Å². The third-order valence-corrected chi connectivity index (χ3v) is 7.93. The highest BCUT2D eigenvalue weighted by Crippen LogP contribution is 2.64. The summed E-state index contributed by atoms with van der Waals surface area (Å²) < 4.78 is 23.2. The Labute approximate surface area is 187 Å². The van der Waals surface area contributed by atoms with E-state index in [-0.39, 0.29) is 0 Å². The lowest BCUT2D eigenvalue weighted by Crippen LogP contribution is -2.60. The summed E-state index contributed by atoms with van der Waals surface area (Å²) in [7, 11) is 0. The predicted molar refractivity (Wildman–Crippen MR) is 112 cm³/mol. The zero-order chi connectivity index (χ0) is 23.6. The first-order valence-electron chi connectivity index (χ1n) is 11.2. The van der Waals surface area contributed by atoms with E-state index in [1.165, 1.54) is 13.8 Å². The van der Waals surface area contributed by atoms with Crippen LogP contribution in [0.15, 0.2) is 23.3 Å². The molecule has 0 saturated carbocycles. The fourth-order valence-corrected chi connectivity index (χ4v) is 6.21. The maximum absolute atomic E-state index is 12.6. The van der Waals surface area contributed by atoms with Crippen LogP contribution < -0.4 is 0 Å². The van der Waals surface area contributed by atoms with Gasteiger partial charge in [-0.15, -0.1) is 0 Å². The van der Waals surface area contributed by atoms with Crippen molar-refractivity contribution in [2.45, 2.75) is 96.4 Å². The number of aliphatic hydroxyl groups is 1. The van der Waals surface area contributed by atoms with Gasteiger partial charge in [0.25, 0.3) is 0 Å². The normalized spacial score (nSPS) is 46.8. The molecule has 4 aliphatic rings. The molecule has 0 radical (unpaired) electrons. The Balaban J connectivity index is 1.90. The fourth-order valence-electron chi connectivity index (χ4n) is 6.21. The van der Waals surface area contributed by atoms with Gasteiger partial charge in [0.2, 0.25) is 0 Å². The van der Waals surface area contributed by atoms with Crippen LogP contribution in [0, 0.1) is 11.3 Å². The molecule has 2 heterocycles. The standard InChI is InChI=1S/C24H32O8/c1-12-7-9-16(29-14(3)25)22(5)17(30-15(4)26)10-8-13(2)19(22)20(27)24-18(11-12)31-21(28)23(24,6)32-24/h8,11,16-20,27H,7,9-10H2,1-6H3/b12-11-/t16-,17-,18-,19+,20-,22-,23?,24-/m1/s1. The number of epoxide rings is 1. The molecule has 1 N–H and O–H groups in total. The molecule has 4 rings (SSSR count). The molecule has 2 aliphatic carbocycles. The molecule has 2 saturated heterocycles. The van der Waals surface area contributed by atoms with Crippen molar-refractivity contribution >= 4 is 17.9 Å². The number of ether oxygens (including phenoxy) is 4. The van der Waals surface area contributed by atoms with Gasteiger partial charge in [0.15, 0.2) is 17.3 Å². The van der Waals surface area contributed by atoms with E-state index in [4.69, 9.17) is 18.9 Å². The zero-order valence-corrected chi connectivity index (χ0v) is 19.5. The summed E-state index contributed by atoms with van der Waals surface area (Å²) in [6, 6.07) is 0. The number of aliphatic hydroxyl groups excluding tert-OH is 1. The molecule has 32 heavy (non-hydrogen) atoms. The first-order valence-corrected chi connectivity index (χ1v) is 11.2. The van der Waals surface area contributed by atoms with E-state index < -0.39 is 64.9 Å². The second-order valence-electron chi connectivity index (χ2n) is 9.97. The van der Waals surface area contributed by atoms with Crippen molar-refractivity contribution in [3.63, 3.8) is 0 Å². The Hall–Kier alpha value is -2.19. The van der Waals surface area contributed by atoms with Crippen LogP contribution >= 0.6 is 0 Å². The van der Waals surface area contributed by atoms with Crippen LogP contribution in [0.2, 0.25) is 0 Å². The molecule has 0 aromatic rings. The Kier molecular flexibility index (Phi) is 5.33. The summed E-state index contributed by atoms with van der Waals surface area (Å²) in [6.45, 7) is 10.0. The number of rotatable bonds is 2. The molecule has 8 atom stereocenters. The van der Waals surface area contributed by atoms with Gasteiger partial charge in [0.1, 0.15) is 12.2 Å². The molecule has 0 aromatic carbocycles. The summed E-state index contributed by atoms with van der Waals surface area (Å²) in [5, 5.41) is 11.9. The maximum Gasteiger partial charge on any atom is 0.342 e. The molecule has 8 heteroatoms. The van der Waals surface area contributed by atoms with Crippen LogP contribution in [-0.2, 0) is 33.3 Å². The third kappa shape index (κ3) is 3.06. The first kappa shape index (κ1) is 23.0. The average Bonchev–Trinajstić information content (AvgIpc) is 3.28. The summed E-state index contributed by atoms with van der Waals surface area (Å²) in [6.07, 6.45) is 2.09. The van der Waals surface area contributed by atoms with Crippen LogP contribution in [0.3, 0.4) is 0 Å². The number of fused-ring (bicyclic) bond motifs is 1. The Morgan fingerprint density at radius 3 is 2.34 bits per heavy atom. The summed E-state index contributed by atoms with van der Waals surface area (Å²) in [5.74, 6) is -2.00. The summed E-state index contributed by atoms with van der Waals surface area (Å²) in [5.41, 5.74) is -1.68. The molecule has 2 aliphatic heterocycles. The van der Waals surface area contributed by atoms with Gasteiger partial charge >= 0.3 is 17.9 Å². The summed E-state index contributed by atoms with van der Waals surface area (Å²) >= 11 is 0. The quantitative estimate of drug-likeness (QED) is 0.297. The van der Waals surface area contributed by atoms with Crippen LogP contribution in [0.1, 0.15) is 60.8 Å². The zero-order valence-electron chi connectivity index (χ0n) is 19.5. The lowest BCUT2D eigenvalue weighted by molar-refractivity contribution is -0.190. The molecule has 2 fully saturated rings. The highest BCUT2D eigenvalue weighted by molar-refractivity contribution is 5.89. The van der Waals surface area contributed by atoms with Gasteiger partial charge in [-0.1, -0.05) is 24.1 Å². The van der Waals surface area contributed by atoms with E-state index in [9.17, 15) is 19.5 Å². The summed E-state index contributed by atoms with van der Waals surface area (Å²) in [4.78, 5) is 36.7. The van der Waals surface area contributed by atoms with Crippen molar-refractivity contribution in [2.24, 2.45) is 11.3 Å². The Morgan fingerprint density at radius 1 is 1.12 bits per heavy atom. The largest absolute Gasteiger partial charge is 0.462 e. The highest BCUT2D eigenvalue weighted by Gasteiger charge is 2.85. The van der Waals surface area contributed by atoms with Crippen molar-refractivity contribution in [1.29, 1.82) is 0 Å². The molecule has 1 spiro atoms. The van der Waals surface area contributed by atoms with E-state index in [1.54, 1.807) is 6.92 Å². The molecule has 0 aromatic heterocycles. The number of allylic oxidation sites excluding steroid dienone is 1. The van der Waals surface area contributed by atoms with E-state index >= 15 is 0 Å². The number of carbonyl (C=O) groups is 3. The van der Waals surface area contributed by atoms with Gasteiger partial charge in [-0.05, 0) is 39.7 Å². The monoisotopic (exact) mass is 448 g/mol. The van der Waals surface area contributed by atoms with Crippen molar-refractivity contribution in [1.82, 2.24) is 0 Å². The minimum absolute atomic E-state index is 0.432. The van der Waals surface area contributed by atoms with Gasteiger partial charge in [0, 0.05) is 26.2 Å². The minimum atomic E-state index is -1.26. The number of esters is 3. The average molecular weight is 449 g/mol. The molecule has 176 valence electrons. The van der Waals surface area contributed by atoms with Gasteiger partial charge < -0.3 is 24.1 Å². The van der Waals surface area contributed by atoms with Crippen LogP contribution in [-0.4, -0.2) is 58.6 Å². The van der Waals surface area contributed by atoms with Crippen molar-refractivity contribution in [3.05, 3.63) is 23.3 Å². The topological polar surface area (TPSA) is 112 Å². The van der Waals surface area contributed by atoms with Gasteiger partial charge in [-0.3, -0.25) is 9.59 Å². The number of carbonyl (C=O) groups excluding carboxylic acids is 3. The van der Waals surface area contributed by atoms with Crippen molar-refractivity contribution in [2.75, 3.05) is 0 Å². The van der Waals surface area contributed by atoms with Gasteiger partial charge in [-0.2, -0.15) is 0 Å². The molecule has 8 nitrogen and oxygen atoms in total. The van der Waals surface area contributed by atoms with Crippen molar-refractivity contribution in [3.8, 4) is 0 Å². The first-order chi connectivity index (χ1) is 14.9. The van der Waals surface area contributed by atoms with E-state index in [0.29, 0.717) is 19.3 Å². The highest BCUT2D eigenvalue weighted by atomic mass is 16.7. The van der Waals surface area contributed by atoms with Crippen LogP contribution in [0.25, 0.3) is 0 Å².